The third kappa shape index (κ3) is 5.58. The van der Waals surface area contributed by atoms with Gasteiger partial charge in [-0.05, 0) is 30.7 Å². The Morgan fingerprint density at radius 3 is 2.68 bits per heavy atom. The maximum Gasteiger partial charge on any atom is 0.316 e. The Kier molecular flexibility index (Phi) is 6.67. The molecule has 0 amide bonds. The van der Waals surface area contributed by atoms with Crippen molar-refractivity contribution in [3.63, 3.8) is 0 Å². The molecule has 3 rings (SSSR count). The van der Waals surface area contributed by atoms with Gasteiger partial charge in [-0.1, -0.05) is 41.9 Å². The molecule has 0 aliphatic carbocycles. The normalized spacial score (nSPS) is 10.5. The van der Waals surface area contributed by atoms with Gasteiger partial charge in [0.1, 0.15) is 0 Å². The van der Waals surface area contributed by atoms with Crippen LogP contribution in [0.3, 0.4) is 0 Å². The van der Waals surface area contributed by atoms with Crippen molar-refractivity contribution in [2.45, 2.75) is 18.4 Å². The number of nitrogens with zero attached hydrogens (tertiary/aromatic N) is 3. The van der Waals surface area contributed by atoms with Gasteiger partial charge in [0.05, 0.1) is 10.8 Å². The number of aryl methyl sites for hydroxylation is 1. The summed E-state index contributed by atoms with van der Waals surface area (Å²) in [7, 11) is 0. The number of carbonyl (C=O) groups is 1. The van der Waals surface area contributed by atoms with E-state index >= 15 is 0 Å². The minimum atomic E-state index is -0.405. The van der Waals surface area contributed by atoms with Crippen molar-refractivity contribution in [3.05, 3.63) is 64.9 Å². The number of para-hydroxylation sites is 1. The van der Waals surface area contributed by atoms with Crippen molar-refractivity contribution in [1.29, 1.82) is 0 Å². The summed E-state index contributed by atoms with van der Waals surface area (Å²) in [5, 5.41) is 3.69. The molecule has 0 radical (unpaired) electrons. The Bertz CT molecular complexity index is 986. The zero-order chi connectivity index (χ0) is 19.9. The second-order valence-corrected chi connectivity index (χ2v) is 7.18. The number of hydrogen-bond acceptors (Lipinski definition) is 8. The number of rotatable bonds is 7. The average Bonchev–Trinajstić information content (AvgIpc) is 2.67. The second kappa shape index (κ2) is 9.38. The monoisotopic (exact) mass is 415 g/mol. The van der Waals surface area contributed by atoms with E-state index in [1.165, 1.54) is 11.8 Å². The van der Waals surface area contributed by atoms with Crippen molar-refractivity contribution < 1.29 is 9.53 Å². The summed E-state index contributed by atoms with van der Waals surface area (Å²) in [6, 6.07) is 15.0. The lowest BCUT2D eigenvalue weighted by Crippen LogP contribution is -2.12. The number of thioether (sulfide) groups is 1. The lowest BCUT2D eigenvalue weighted by atomic mass is 10.2. The molecule has 1 aromatic heterocycles. The van der Waals surface area contributed by atoms with Gasteiger partial charge in [0.2, 0.25) is 11.9 Å². The standard InChI is InChI=1S/C19H18ClN5O2S/c1-12-6-2-4-8-14(12)22-19-24-16(23-18(21)25-19)10-27-17(26)11-28-15-9-5-3-7-13(15)20/h2-9H,10-11H2,1H3,(H3,21,22,23,24,25). The van der Waals surface area contributed by atoms with Gasteiger partial charge in [0.15, 0.2) is 12.4 Å². The zero-order valence-electron chi connectivity index (χ0n) is 15.1. The molecule has 0 saturated carbocycles. The molecule has 0 spiro atoms. The highest BCUT2D eigenvalue weighted by molar-refractivity contribution is 8.00. The first-order chi connectivity index (χ1) is 13.5. The van der Waals surface area contributed by atoms with E-state index in [1.807, 2.05) is 49.4 Å². The highest BCUT2D eigenvalue weighted by atomic mass is 35.5. The van der Waals surface area contributed by atoms with Crippen LogP contribution in [0.4, 0.5) is 17.6 Å². The molecule has 7 nitrogen and oxygen atoms in total. The number of halogens is 1. The van der Waals surface area contributed by atoms with E-state index in [-0.39, 0.29) is 24.1 Å². The number of hydrogen-bond donors (Lipinski definition) is 2. The molecule has 144 valence electrons. The third-order valence-electron chi connectivity index (χ3n) is 3.63. The van der Waals surface area contributed by atoms with E-state index in [0.29, 0.717) is 11.0 Å². The Balaban J connectivity index is 1.58. The van der Waals surface area contributed by atoms with Crippen LogP contribution in [0.15, 0.2) is 53.4 Å². The smallest absolute Gasteiger partial charge is 0.316 e. The van der Waals surface area contributed by atoms with Crippen LogP contribution in [0, 0.1) is 6.92 Å². The van der Waals surface area contributed by atoms with Gasteiger partial charge in [0.25, 0.3) is 0 Å². The first-order valence-electron chi connectivity index (χ1n) is 8.37. The van der Waals surface area contributed by atoms with Crippen molar-refractivity contribution in [2.75, 3.05) is 16.8 Å². The van der Waals surface area contributed by atoms with Crippen LogP contribution in [0.5, 0.6) is 0 Å². The van der Waals surface area contributed by atoms with Gasteiger partial charge in [-0.25, -0.2) is 0 Å². The molecular weight excluding hydrogens is 398 g/mol. The second-order valence-electron chi connectivity index (χ2n) is 5.75. The number of carbonyl (C=O) groups excluding carboxylic acids is 1. The molecule has 0 aliphatic heterocycles. The molecule has 28 heavy (non-hydrogen) atoms. The minimum Gasteiger partial charge on any atom is -0.457 e. The molecule has 3 N–H and O–H groups in total. The van der Waals surface area contributed by atoms with Crippen molar-refractivity contribution in [2.24, 2.45) is 0 Å². The number of nitrogen functional groups attached to an aromatic ring is 1. The number of esters is 1. The summed E-state index contributed by atoms with van der Waals surface area (Å²) in [5.41, 5.74) is 7.63. The van der Waals surface area contributed by atoms with E-state index < -0.39 is 5.97 Å². The lowest BCUT2D eigenvalue weighted by Gasteiger charge is -2.10. The van der Waals surface area contributed by atoms with Crippen LogP contribution < -0.4 is 11.1 Å². The first-order valence-corrected chi connectivity index (χ1v) is 9.73. The fourth-order valence-electron chi connectivity index (χ4n) is 2.28. The van der Waals surface area contributed by atoms with Crippen molar-refractivity contribution in [1.82, 2.24) is 15.0 Å². The maximum atomic E-state index is 12.0. The predicted molar refractivity (Wildman–Crippen MR) is 111 cm³/mol. The lowest BCUT2D eigenvalue weighted by molar-refractivity contribution is -0.141. The minimum absolute atomic E-state index is 0.0441. The molecule has 9 heteroatoms. The number of aromatic nitrogens is 3. The van der Waals surface area contributed by atoms with Crippen LogP contribution in [0.2, 0.25) is 5.02 Å². The van der Waals surface area contributed by atoms with E-state index in [4.69, 9.17) is 22.1 Å². The van der Waals surface area contributed by atoms with Crippen LogP contribution in [0.25, 0.3) is 0 Å². The Morgan fingerprint density at radius 2 is 1.89 bits per heavy atom. The topological polar surface area (TPSA) is 103 Å². The Labute approximate surface area is 171 Å². The highest BCUT2D eigenvalue weighted by Gasteiger charge is 2.10. The predicted octanol–water partition coefficient (Wildman–Crippen LogP) is 3.99. The quantitative estimate of drug-likeness (QED) is 0.441. The van der Waals surface area contributed by atoms with E-state index in [1.54, 1.807) is 6.07 Å². The fraction of sp³-hybridized carbons (Fsp3) is 0.158. The zero-order valence-corrected chi connectivity index (χ0v) is 16.6. The summed E-state index contributed by atoms with van der Waals surface area (Å²) in [6.07, 6.45) is 0. The van der Waals surface area contributed by atoms with Gasteiger partial charge >= 0.3 is 5.97 Å². The van der Waals surface area contributed by atoms with E-state index in [0.717, 1.165) is 16.1 Å². The number of benzene rings is 2. The highest BCUT2D eigenvalue weighted by Crippen LogP contribution is 2.26. The van der Waals surface area contributed by atoms with E-state index in [9.17, 15) is 4.79 Å². The van der Waals surface area contributed by atoms with Gasteiger partial charge in [0, 0.05) is 10.6 Å². The molecule has 0 bridgehead atoms. The Morgan fingerprint density at radius 1 is 1.14 bits per heavy atom. The van der Waals surface area contributed by atoms with Crippen LogP contribution in [-0.4, -0.2) is 26.7 Å². The summed E-state index contributed by atoms with van der Waals surface area (Å²) >= 11 is 7.38. The van der Waals surface area contributed by atoms with Crippen molar-refractivity contribution >= 4 is 46.9 Å². The molecular formula is C19H18ClN5O2S. The summed E-state index contributed by atoms with van der Waals surface area (Å²) < 4.78 is 5.23. The molecule has 3 aromatic rings. The van der Waals surface area contributed by atoms with Crippen LogP contribution >= 0.6 is 23.4 Å². The molecule has 2 aromatic carbocycles. The maximum absolute atomic E-state index is 12.0. The summed E-state index contributed by atoms with van der Waals surface area (Å²) in [5.74, 6) is 0.316. The number of ether oxygens (including phenoxy) is 1. The SMILES string of the molecule is Cc1ccccc1Nc1nc(N)nc(COC(=O)CSc2ccccc2Cl)n1. The van der Waals surface area contributed by atoms with Gasteiger partial charge in [-0.2, -0.15) is 15.0 Å². The first kappa shape index (κ1) is 19.9. The number of nitrogens with two attached hydrogens (primary N) is 1. The largest absolute Gasteiger partial charge is 0.457 e. The van der Waals surface area contributed by atoms with Gasteiger partial charge < -0.3 is 15.8 Å². The number of nitrogens with one attached hydrogen (secondary N) is 1. The molecule has 0 unspecified atom stereocenters. The summed E-state index contributed by atoms with van der Waals surface area (Å²) in [4.78, 5) is 25.2. The van der Waals surface area contributed by atoms with Gasteiger partial charge in [-0.15, -0.1) is 11.8 Å². The third-order valence-corrected chi connectivity index (χ3v) is 5.12. The number of anilines is 3. The fourth-order valence-corrected chi connectivity index (χ4v) is 3.31. The molecule has 1 heterocycles. The molecule has 0 fully saturated rings. The van der Waals surface area contributed by atoms with E-state index in [2.05, 4.69) is 20.3 Å². The van der Waals surface area contributed by atoms with Crippen LogP contribution in [0.1, 0.15) is 11.4 Å². The van der Waals surface area contributed by atoms with Crippen LogP contribution in [-0.2, 0) is 16.1 Å². The molecule has 0 aliphatic rings. The molecule has 0 saturated heterocycles. The van der Waals surface area contributed by atoms with Gasteiger partial charge in [-0.3, -0.25) is 4.79 Å². The summed E-state index contributed by atoms with van der Waals surface area (Å²) in [6.45, 7) is 1.86. The van der Waals surface area contributed by atoms with Crippen molar-refractivity contribution in [3.8, 4) is 0 Å². The average molecular weight is 416 g/mol. The molecule has 0 atom stereocenters. The Hall–Kier alpha value is -2.84.